The van der Waals surface area contributed by atoms with Crippen molar-refractivity contribution in [2.75, 3.05) is 7.11 Å². The van der Waals surface area contributed by atoms with E-state index in [9.17, 15) is 0 Å². The lowest BCUT2D eigenvalue weighted by molar-refractivity contribution is 0.0266. The van der Waals surface area contributed by atoms with E-state index < -0.39 is 0 Å². The van der Waals surface area contributed by atoms with Crippen LogP contribution in [0.3, 0.4) is 0 Å². The van der Waals surface area contributed by atoms with Crippen LogP contribution in [0.15, 0.2) is 42.5 Å². The number of aryl methyl sites for hydroxylation is 2. The van der Waals surface area contributed by atoms with Crippen molar-refractivity contribution in [1.82, 2.24) is 0 Å². The first-order chi connectivity index (χ1) is 18.1. The summed E-state index contributed by atoms with van der Waals surface area (Å²) in [6.45, 7) is 4.54. The van der Waals surface area contributed by atoms with Crippen LogP contribution in [0.4, 0.5) is 4.39 Å². The second kappa shape index (κ2) is 14.5. The van der Waals surface area contributed by atoms with Gasteiger partial charge in [0.1, 0.15) is 5.82 Å². The van der Waals surface area contributed by atoms with Crippen molar-refractivity contribution in [2.24, 2.45) is 23.7 Å². The predicted octanol–water partition coefficient (Wildman–Crippen LogP) is 10.2. The average molecular weight is 507 g/mol. The molecule has 2 aliphatic carbocycles. The van der Waals surface area contributed by atoms with Gasteiger partial charge in [-0.05, 0) is 91.4 Å². The van der Waals surface area contributed by atoms with Crippen molar-refractivity contribution in [2.45, 2.75) is 116 Å². The molecule has 204 valence electrons. The van der Waals surface area contributed by atoms with Crippen molar-refractivity contribution < 1.29 is 9.13 Å². The molecule has 0 amide bonds. The van der Waals surface area contributed by atoms with Crippen molar-refractivity contribution in [3.8, 4) is 11.1 Å². The van der Waals surface area contributed by atoms with Gasteiger partial charge in [-0.3, -0.25) is 0 Å². The van der Waals surface area contributed by atoms with E-state index in [1.807, 2.05) is 13.2 Å². The Labute approximate surface area is 226 Å². The lowest BCUT2D eigenvalue weighted by Gasteiger charge is -2.32. The maximum atomic E-state index is 15.1. The molecule has 2 aromatic carbocycles. The Morgan fingerprint density at radius 3 is 1.81 bits per heavy atom. The van der Waals surface area contributed by atoms with E-state index in [0.29, 0.717) is 6.10 Å². The van der Waals surface area contributed by atoms with Crippen LogP contribution in [0.1, 0.15) is 108 Å². The molecular weight excluding hydrogens is 455 g/mol. The van der Waals surface area contributed by atoms with Gasteiger partial charge in [0.2, 0.25) is 0 Å². The molecule has 4 rings (SSSR count). The van der Waals surface area contributed by atoms with E-state index in [4.69, 9.17) is 4.74 Å². The van der Waals surface area contributed by atoms with Gasteiger partial charge in [0.05, 0.1) is 6.10 Å². The topological polar surface area (TPSA) is 9.23 Å². The minimum atomic E-state index is -0.0799. The van der Waals surface area contributed by atoms with Gasteiger partial charge in [0, 0.05) is 12.7 Å². The summed E-state index contributed by atoms with van der Waals surface area (Å²) < 4.78 is 20.8. The number of hydrogen-bond donors (Lipinski definition) is 0. The second-order valence-corrected chi connectivity index (χ2v) is 12.2. The molecule has 0 aromatic heterocycles. The Bertz CT molecular complexity index is 915. The second-order valence-electron chi connectivity index (χ2n) is 12.2. The van der Waals surface area contributed by atoms with Crippen LogP contribution in [0.5, 0.6) is 0 Å². The predicted molar refractivity (Wildman–Crippen MR) is 155 cm³/mol. The fourth-order valence-corrected chi connectivity index (χ4v) is 7.30. The van der Waals surface area contributed by atoms with E-state index >= 15 is 4.39 Å². The van der Waals surface area contributed by atoms with Crippen LogP contribution >= 0.6 is 0 Å². The SMILES string of the molecule is CCCC1CCC(CCc2ccc(-c3ccc(CCC4CCC(C(CC)OC)CC4)cc3F)cc2)CC1. The van der Waals surface area contributed by atoms with Crippen LogP contribution in [-0.2, 0) is 17.6 Å². The summed E-state index contributed by atoms with van der Waals surface area (Å²) in [5.74, 6) is 3.29. The lowest BCUT2D eigenvalue weighted by atomic mass is 9.77. The van der Waals surface area contributed by atoms with Gasteiger partial charge >= 0.3 is 0 Å². The van der Waals surface area contributed by atoms with Crippen LogP contribution in [-0.4, -0.2) is 13.2 Å². The molecule has 0 heterocycles. The van der Waals surface area contributed by atoms with Gasteiger partial charge in [-0.15, -0.1) is 0 Å². The first kappa shape index (κ1) is 28.3. The molecule has 2 fully saturated rings. The molecule has 1 atom stereocenters. The van der Waals surface area contributed by atoms with Crippen molar-refractivity contribution in [1.29, 1.82) is 0 Å². The number of hydrogen-bond acceptors (Lipinski definition) is 1. The van der Waals surface area contributed by atoms with Crippen LogP contribution < -0.4 is 0 Å². The number of benzene rings is 2. The smallest absolute Gasteiger partial charge is 0.131 e. The Balaban J connectivity index is 1.22. The molecule has 0 saturated heterocycles. The van der Waals surface area contributed by atoms with Gasteiger partial charge < -0.3 is 4.74 Å². The quantitative estimate of drug-likeness (QED) is 0.278. The van der Waals surface area contributed by atoms with E-state index in [2.05, 4.69) is 44.2 Å². The first-order valence-electron chi connectivity index (χ1n) is 15.5. The van der Waals surface area contributed by atoms with Gasteiger partial charge in [0.15, 0.2) is 0 Å². The highest BCUT2D eigenvalue weighted by atomic mass is 19.1. The van der Waals surface area contributed by atoms with E-state index in [0.717, 1.165) is 59.6 Å². The first-order valence-corrected chi connectivity index (χ1v) is 15.5. The molecule has 37 heavy (non-hydrogen) atoms. The monoisotopic (exact) mass is 506 g/mol. The molecule has 1 unspecified atom stereocenters. The zero-order chi connectivity index (χ0) is 26.0. The Kier molecular flexibility index (Phi) is 11.1. The number of rotatable bonds is 12. The fourth-order valence-electron chi connectivity index (χ4n) is 7.30. The van der Waals surface area contributed by atoms with Gasteiger partial charge in [-0.25, -0.2) is 4.39 Å². The molecule has 2 aromatic rings. The molecule has 2 heteroatoms. The average Bonchev–Trinajstić information content (AvgIpc) is 2.93. The third kappa shape index (κ3) is 8.16. The maximum absolute atomic E-state index is 15.1. The number of halogens is 1. The van der Waals surface area contributed by atoms with Crippen molar-refractivity contribution >= 4 is 0 Å². The third-order valence-corrected chi connectivity index (χ3v) is 9.77. The Hall–Kier alpha value is -1.67. The summed E-state index contributed by atoms with van der Waals surface area (Å²) in [5, 5.41) is 0. The third-order valence-electron chi connectivity index (χ3n) is 9.77. The van der Waals surface area contributed by atoms with Gasteiger partial charge in [-0.1, -0.05) is 102 Å². The van der Waals surface area contributed by atoms with Gasteiger partial charge in [-0.2, -0.15) is 0 Å². The number of ether oxygens (including phenoxy) is 1. The maximum Gasteiger partial charge on any atom is 0.131 e. The molecule has 0 aliphatic heterocycles. The summed E-state index contributed by atoms with van der Waals surface area (Å²) in [5.41, 5.74) is 4.25. The zero-order valence-electron chi connectivity index (χ0n) is 23.8. The van der Waals surface area contributed by atoms with Crippen molar-refractivity contribution in [3.05, 3.63) is 59.4 Å². The fraction of sp³-hybridized carbons (Fsp3) is 0.657. The molecule has 0 bridgehead atoms. The highest BCUT2D eigenvalue weighted by Crippen LogP contribution is 2.36. The van der Waals surface area contributed by atoms with Crippen LogP contribution in [0, 0.1) is 29.5 Å². The van der Waals surface area contributed by atoms with Gasteiger partial charge in [0.25, 0.3) is 0 Å². The summed E-state index contributed by atoms with van der Waals surface area (Å²) in [6.07, 6.45) is 19.7. The minimum absolute atomic E-state index is 0.0799. The molecule has 0 N–H and O–H groups in total. The van der Waals surface area contributed by atoms with Crippen LogP contribution in [0.25, 0.3) is 11.1 Å². The Morgan fingerprint density at radius 1 is 0.730 bits per heavy atom. The lowest BCUT2D eigenvalue weighted by Crippen LogP contribution is -2.27. The normalized spacial score (nSPS) is 25.2. The molecule has 0 radical (unpaired) electrons. The Morgan fingerprint density at radius 2 is 1.27 bits per heavy atom. The molecule has 2 aliphatic rings. The van der Waals surface area contributed by atoms with E-state index in [1.165, 1.54) is 82.6 Å². The molecule has 1 nitrogen and oxygen atoms in total. The highest BCUT2D eigenvalue weighted by molar-refractivity contribution is 5.64. The molecular formula is C35H51FO. The van der Waals surface area contributed by atoms with Crippen LogP contribution in [0.2, 0.25) is 0 Å². The standard InChI is InChI=1S/C35H51FO/c1-4-6-26-7-9-27(10-8-26)11-12-28-15-20-31(21-16-28)33-24-19-30(25-34(33)36)14-13-29-17-22-32(23-18-29)35(5-2)37-3/h15-16,19-21,24-27,29,32,35H,4-14,17-18,22-23H2,1-3H3. The van der Waals surface area contributed by atoms with E-state index in [-0.39, 0.29) is 5.82 Å². The number of methoxy groups -OCH3 is 1. The van der Waals surface area contributed by atoms with E-state index in [1.54, 1.807) is 6.07 Å². The highest BCUT2D eigenvalue weighted by Gasteiger charge is 2.26. The largest absolute Gasteiger partial charge is 0.381 e. The minimum Gasteiger partial charge on any atom is -0.381 e. The molecule has 2 saturated carbocycles. The summed E-state index contributed by atoms with van der Waals surface area (Å²) >= 11 is 0. The summed E-state index contributed by atoms with van der Waals surface area (Å²) in [7, 11) is 1.85. The molecule has 0 spiro atoms. The zero-order valence-corrected chi connectivity index (χ0v) is 23.8. The summed E-state index contributed by atoms with van der Waals surface area (Å²) in [6, 6.07) is 14.6. The summed E-state index contributed by atoms with van der Waals surface area (Å²) in [4.78, 5) is 0. The van der Waals surface area contributed by atoms with Crippen molar-refractivity contribution in [3.63, 3.8) is 0 Å².